The summed E-state index contributed by atoms with van der Waals surface area (Å²) < 4.78 is 23.1. The van der Waals surface area contributed by atoms with E-state index in [1.165, 1.54) is 19.0 Å². The van der Waals surface area contributed by atoms with Gasteiger partial charge < -0.3 is 66.8 Å². The second kappa shape index (κ2) is 29.7. The number of para-hydroxylation sites is 2. The molecule has 12 heterocycles. The Hall–Kier alpha value is -13.6. The van der Waals surface area contributed by atoms with Crippen molar-refractivity contribution in [3.63, 3.8) is 0 Å². The summed E-state index contributed by atoms with van der Waals surface area (Å²) in [6.45, 7) is 18.2. The normalized spacial score (nSPS) is 14.7. The van der Waals surface area contributed by atoms with E-state index >= 15 is 0 Å². The molecule has 2 fully saturated rings. The van der Waals surface area contributed by atoms with Gasteiger partial charge in [-0.25, -0.2) is 49.3 Å². The molecule has 6 aromatic carbocycles. The first-order valence-corrected chi connectivity index (χ1v) is 37.2. The fourth-order valence-corrected chi connectivity index (χ4v) is 14.5. The molecule has 0 unspecified atom stereocenters. The predicted molar refractivity (Wildman–Crippen MR) is 438 cm³/mol. The molecule has 0 bridgehead atoms. The van der Waals surface area contributed by atoms with Crippen LogP contribution < -0.4 is 43.8 Å². The van der Waals surface area contributed by atoms with Crippen LogP contribution in [0.4, 0.5) is 52.6 Å². The van der Waals surface area contributed by atoms with E-state index in [0.29, 0.717) is 89.7 Å². The molecule has 0 spiro atoms. The summed E-state index contributed by atoms with van der Waals surface area (Å²) in [6.07, 6.45) is 10.8. The Morgan fingerprint density at radius 2 is 0.876 bits per heavy atom. The lowest BCUT2D eigenvalue weighted by molar-refractivity contribution is -0.138. The average Bonchev–Trinajstić information content (AvgIpc) is 1.47. The zero-order valence-electron chi connectivity index (χ0n) is 64.1. The quantitative estimate of drug-likeness (QED) is 0.0445. The van der Waals surface area contributed by atoms with Crippen molar-refractivity contribution >= 4 is 143 Å². The second-order valence-electron chi connectivity index (χ2n) is 29.6. The van der Waals surface area contributed by atoms with Crippen LogP contribution in [0.25, 0.3) is 100 Å². The van der Waals surface area contributed by atoms with E-state index in [9.17, 15) is 9.59 Å². The molecule has 2 saturated heterocycles. The summed E-state index contributed by atoms with van der Waals surface area (Å²) in [5.41, 5.74) is 34.9. The van der Waals surface area contributed by atoms with Gasteiger partial charge in [0.1, 0.15) is 70.1 Å². The Balaban J connectivity index is 0.000000128. The molecular formula is C81H85N27O5. The molecule has 0 radical (unpaired) electrons. The fraction of sp³-hybridized carbons (Fsp3) is 0.284. The summed E-state index contributed by atoms with van der Waals surface area (Å²) in [6, 6.07) is 42.6. The Kier molecular flexibility index (Phi) is 19.3. The number of piperidine rings is 2. The zero-order chi connectivity index (χ0) is 78.6. The van der Waals surface area contributed by atoms with Crippen LogP contribution >= 0.6 is 0 Å². The van der Waals surface area contributed by atoms with Crippen molar-refractivity contribution in [3.8, 4) is 33.8 Å². The van der Waals surface area contributed by atoms with Crippen molar-refractivity contribution in [1.82, 2.24) is 94.6 Å². The summed E-state index contributed by atoms with van der Waals surface area (Å²) in [5, 5.41) is 32.8. The number of nitrogen functional groups attached to an aromatic ring is 3. The SMILES string of the molecule is CNC(C)(C)C(=O)N1CCC(n2nc(-c3ccc(Nc4nc5cc(C)ccc5o4)cc3)c3c(N)ncnc32)CC1.CNC(C)(C)C(=O)N1CCC(n2nc(-c3ccc(Nc4nc5ccccc5o4)cc3)c3c(N)ncnc32)CC1.Cc1cc(C)c2oc(Nc3ccc(-c4nn(C5(C)N=CC=N5)c5ncnc(N)c45)cc3)nc2c1. The number of aromatic nitrogens is 15. The van der Waals surface area contributed by atoms with Gasteiger partial charge in [0.2, 0.25) is 17.6 Å². The molecule has 574 valence electrons. The third kappa shape index (κ3) is 14.5. The second-order valence-corrected chi connectivity index (χ2v) is 29.6. The lowest BCUT2D eigenvalue weighted by Crippen LogP contribution is -2.54. The summed E-state index contributed by atoms with van der Waals surface area (Å²) in [7, 11) is 3.62. The zero-order valence-corrected chi connectivity index (χ0v) is 64.1. The number of nitrogens with zero attached hydrogens (tertiary/aromatic N) is 19. The number of benzene rings is 6. The number of carbonyl (C=O) groups excluding carboxylic acids is 2. The number of nitrogens with two attached hydrogens (primary N) is 3. The summed E-state index contributed by atoms with van der Waals surface area (Å²) >= 11 is 0. The van der Waals surface area contributed by atoms with Crippen LogP contribution in [0, 0.1) is 20.8 Å². The van der Waals surface area contributed by atoms with E-state index in [1.54, 1.807) is 17.1 Å². The highest BCUT2D eigenvalue weighted by molar-refractivity contribution is 6.17. The van der Waals surface area contributed by atoms with Crippen LogP contribution in [0.1, 0.15) is 89.1 Å². The number of likely N-dealkylation sites (N-methyl/N-ethyl adjacent to an activating group) is 2. The van der Waals surface area contributed by atoms with Crippen molar-refractivity contribution in [2.75, 3.05) is 73.4 Å². The number of hydrogen-bond acceptors (Lipinski definition) is 27. The number of aliphatic imine (C=N–C) groups is 2. The Bertz CT molecular complexity index is 6110. The number of fused-ring (bicyclic) bond motifs is 6. The van der Waals surface area contributed by atoms with Crippen LogP contribution in [-0.4, -0.2) is 160 Å². The molecule has 32 heteroatoms. The van der Waals surface area contributed by atoms with Gasteiger partial charge in [0.25, 0.3) is 18.0 Å². The average molecular weight is 1520 g/mol. The van der Waals surface area contributed by atoms with Gasteiger partial charge in [-0.15, -0.1) is 0 Å². The van der Waals surface area contributed by atoms with Crippen LogP contribution in [0.5, 0.6) is 0 Å². The minimum Gasteiger partial charge on any atom is -0.423 e. The molecule has 3 aliphatic heterocycles. The Morgan fingerprint density at radius 1 is 0.469 bits per heavy atom. The molecule has 15 aromatic rings. The number of amides is 2. The minimum absolute atomic E-state index is 0.0935. The first kappa shape index (κ1) is 73.5. The van der Waals surface area contributed by atoms with Crippen molar-refractivity contribution in [2.24, 2.45) is 9.98 Å². The molecular weight excluding hydrogens is 1430 g/mol. The summed E-state index contributed by atoms with van der Waals surface area (Å²) in [4.78, 5) is 78.3. The predicted octanol–water partition coefficient (Wildman–Crippen LogP) is 12.9. The molecule has 32 nitrogen and oxygen atoms in total. The first-order chi connectivity index (χ1) is 54.5. The number of rotatable bonds is 16. The van der Waals surface area contributed by atoms with Gasteiger partial charge in [0, 0.05) is 79.3 Å². The van der Waals surface area contributed by atoms with E-state index in [4.69, 9.17) is 45.7 Å². The molecule has 11 N–H and O–H groups in total. The van der Waals surface area contributed by atoms with Gasteiger partial charge in [-0.3, -0.25) is 9.59 Å². The van der Waals surface area contributed by atoms with E-state index in [1.807, 2.05) is 210 Å². The molecule has 0 aliphatic carbocycles. The Morgan fingerprint density at radius 3 is 1.35 bits per heavy atom. The van der Waals surface area contributed by atoms with Gasteiger partial charge in [0.15, 0.2) is 33.7 Å². The van der Waals surface area contributed by atoms with Crippen molar-refractivity contribution in [3.05, 3.63) is 163 Å². The topological polar surface area (TPSA) is 412 Å². The van der Waals surface area contributed by atoms with Crippen LogP contribution in [0.2, 0.25) is 0 Å². The van der Waals surface area contributed by atoms with Crippen LogP contribution in [0.3, 0.4) is 0 Å². The monoisotopic (exact) mass is 1520 g/mol. The van der Waals surface area contributed by atoms with Gasteiger partial charge in [-0.05, 0) is 172 Å². The molecule has 2 amide bonds. The molecule has 3 aliphatic rings. The molecule has 0 atom stereocenters. The maximum Gasteiger partial charge on any atom is 0.300 e. The van der Waals surface area contributed by atoms with Gasteiger partial charge in [-0.2, -0.15) is 34.9 Å². The third-order valence-corrected chi connectivity index (χ3v) is 21.0. The largest absolute Gasteiger partial charge is 0.423 e. The molecule has 9 aromatic heterocycles. The van der Waals surface area contributed by atoms with Crippen molar-refractivity contribution in [1.29, 1.82) is 0 Å². The van der Waals surface area contributed by atoms with Crippen LogP contribution in [0.15, 0.2) is 170 Å². The lowest BCUT2D eigenvalue weighted by atomic mass is 9.99. The smallest absolute Gasteiger partial charge is 0.300 e. The van der Waals surface area contributed by atoms with Gasteiger partial charge in [0.05, 0.1) is 39.3 Å². The number of carbonyl (C=O) groups is 2. The van der Waals surface area contributed by atoms with Gasteiger partial charge >= 0.3 is 0 Å². The first-order valence-electron chi connectivity index (χ1n) is 37.2. The number of hydrogen-bond donors (Lipinski definition) is 8. The number of aryl methyl sites for hydroxylation is 3. The van der Waals surface area contributed by atoms with E-state index < -0.39 is 16.9 Å². The highest BCUT2D eigenvalue weighted by Crippen LogP contribution is 2.40. The number of oxazole rings is 3. The lowest BCUT2D eigenvalue weighted by Gasteiger charge is -2.37. The number of nitrogens with one attached hydrogen (secondary N) is 5. The van der Waals surface area contributed by atoms with E-state index in [-0.39, 0.29) is 23.9 Å². The summed E-state index contributed by atoms with van der Waals surface area (Å²) in [5.74, 6) is 0.416. The molecule has 18 rings (SSSR count). The van der Waals surface area contributed by atoms with E-state index in [2.05, 4.69) is 87.5 Å². The highest BCUT2D eigenvalue weighted by atomic mass is 16.4. The molecule has 0 saturated carbocycles. The van der Waals surface area contributed by atoms with E-state index in [0.717, 1.165) is 132 Å². The maximum absolute atomic E-state index is 12.9. The molecule has 113 heavy (non-hydrogen) atoms. The highest BCUT2D eigenvalue weighted by Gasteiger charge is 2.37. The third-order valence-electron chi connectivity index (χ3n) is 21.0. The van der Waals surface area contributed by atoms with Crippen molar-refractivity contribution < 1.29 is 22.8 Å². The number of likely N-dealkylation sites (tertiary alicyclic amines) is 2. The standard InChI is InChI=1S/C29H33N9O2.C28H31N9O2.C24H21N9O/c1-17-5-10-22-21(15-17)35-28(40-22)34-19-8-6-18(7-9-19)24-23-25(30)32-16-33-26(23)38(36-24)20-11-13-37(14-12-20)27(39)29(2,3)31-4;1-28(2,30-3)26(38)36-14-12-19(13-15-36)37-25-22(24(29)31-16-32-25)23(35-37)17-8-10-18(11-9-17)33-27-34-20-6-4-5-7-21(20)39-27;1-13-10-14(2)20-17(11-13)31-23(34-20)30-16-6-4-15(5-7-16)19-18-21(25)26-12-27-22(18)33(32-19)24(3)28-8-9-29-24/h5-10,15-16,20,31H,11-14H2,1-4H3,(H,34,35)(H2,30,32,33);4-11,16,19,30H,12-15H2,1-3H3,(H,33,34)(H2,29,31,32);4-12H,1-3H3,(H,30,31)(H2,25,26,27). The minimum atomic E-state index is -0.914. The van der Waals surface area contributed by atoms with Crippen LogP contribution in [-0.2, 0) is 15.4 Å². The fourth-order valence-electron chi connectivity index (χ4n) is 14.5. The van der Waals surface area contributed by atoms with Gasteiger partial charge in [-0.1, -0.05) is 60.7 Å². The Labute approximate surface area is 647 Å². The maximum atomic E-state index is 12.9. The number of anilines is 9. The van der Waals surface area contributed by atoms with Crippen molar-refractivity contribution in [2.45, 2.75) is 110 Å².